The van der Waals surface area contributed by atoms with E-state index in [0.29, 0.717) is 12.3 Å². The zero-order valence-electron chi connectivity index (χ0n) is 14.4. The Balaban J connectivity index is 1.89. The van der Waals surface area contributed by atoms with Crippen LogP contribution in [0.25, 0.3) is 0 Å². The van der Waals surface area contributed by atoms with Crippen LogP contribution in [0.3, 0.4) is 0 Å². The predicted molar refractivity (Wildman–Crippen MR) is 100 cm³/mol. The number of hydrogen-bond acceptors (Lipinski definition) is 4. The van der Waals surface area contributed by atoms with Crippen LogP contribution in [0, 0.1) is 6.92 Å². The Hall–Kier alpha value is -2.21. The summed E-state index contributed by atoms with van der Waals surface area (Å²) >= 11 is 1.77. The number of nitrogens with one attached hydrogen (secondary N) is 2. The molecular formula is C18H25N3O2S. The molecule has 5 nitrogen and oxygen atoms in total. The molecule has 6 heteroatoms. The lowest BCUT2D eigenvalue weighted by atomic mass is 10.1. The van der Waals surface area contributed by atoms with Crippen molar-refractivity contribution < 1.29 is 9.84 Å². The smallest absolute Gasteiger partial charge is 0.191 e. The molecule has 0 aliphatic rings. The second-order valence-electron chi connectivity index (χ2n) is 5.39. The first kappa shape index (κ1) is 18.1. The van der Waals surface area contributed by atoms with E-state index < -0.39 is 0 Å². The number of hydrogen-bond donors (Lipinski definition) is 3. The highest BCUT2D eigenvalue weighted by molar-refractivity contribution is 7.11. The van der Waals surface area contributed by atoms with Crippen molar-refractivity contribution in [1.82, 2.24) is 10.6 Å². The van der Waals surface area contributed by atoms with Gasteiger partial charge in [-0.05, 0) is 50.1 Å². The Kier molecular flexibility index (Phi) is 6.93. The third-order valence-corrected chi connectivity index (χ3v) is 4.47. The summed E-state index contributed by atoms with van der Waals surface area (Å²) in [5, 5.41) is 16.2. The summed E-state index contributed by atoms with van der Waals surface area (Å²) in [4.78, 5) is 7.18. The van der Waals surface area contributed by atoms with Gasteiger partial charge in [0.05, 0.1) is 13.7 Å². The monoisotopic (exact) mass is 347 g/mol. The number of aryl methyl sites for hydroxylation is 1. The van der Waals surface area contributed by atoms with Gasteiger partial charge in [-0.3, -0.25) is 0 Å². The predicted octanol–water partition coefficient (Wildman–Crippen LogP) is 3.07. The Morgan fingerprint density at radius 3 is 2.75 bits per heavy atom. The van der Waals surface area contributed by atoms with Gasteiger partial charge in [0.1, 0.15) is 0 Å². The van der Waals surface area contributed by atoms with Crippen LogP contribution >= 0.6 is 11.3 Å². The van der Waals surface area contributed by atoms with E-state index in [0.717, 1.165) is 31.0 Å². The van der Waals surface area contributed by atoms with E-state index >= 15 is 0 Å². The van der Waals surface area contributed by atoms with Crippen molar-refractivity contribution in [3.8, 4) is 11.5 Å². The first-order chi connectivity index (χ1) is 11.6. The fourth-order valence-corrected chi connectivity index (χ4v) is 3.09. The van der Waals surface area contributed by atoms with Crippen molar-refractivity contribution in [2.75, 3.05) is 20.2 Å². The fourth-order valence-electron chi connectivity index (χ4n) is 2.27. The van der Waals surface area contributed by atoms with E-state index in [9.17, 15) is 5.11 Å². The number of phenolic OH excluding ortho intramolecular Hbond substituents is 1. The second-order valence-corrected chi connectivity index (χ2v) is 6.76. The van der Waals surface area contributed by atoms with Gasteiger partial charge in [-0.2, -0.15) is 0 Å². The molecule has 24 heavy (non-hydrogen) atoms. The van der Waals surface area contributed by atoms with Gasteiger partial charge < -0.3 is 20.5 Å². The minimum Gasteiger partial charge on any atom is -0.504 e. The molecule has 0 unspecified atom stereocenters. The van der Waals surface area contributed by atoms with E-state index in [4.69, 9.17) is 4.74 Å². The van der Waals surface area contributed by atoms with Gasteiger partial charge in [0.15, 0.2) is 17.5 Å². The molecule has 1 aromatic heterocycles. The Labute approximate surface area is 147 Å². The number of aromatic hydroxyl groups is 1. The van der Waals surface area contributed by atoms with Crippen LogP contribution in [0.2, 0.25) is 0 Å². The standard InChI is InChI=1S/C18H25N3O2S/c1-4-19-18(21-12-15-7-5-13(2)24-15)20-10-9-14-6-8-16(22)17(11-14)23-3/h5-8,11,22H,4,9-10,12H2,1-3H3,(H2,19,20,21). The van der Waals surface area contributed by atoms with Gasteiger partial charge in [-0.25, -0.2) is 4.99 Å². The number of phenols is 1. The number of methoxy groups -OCH3 is 1. The Morgan fingerprint density at radius 2 is 2.08 bits per heavy atom. The number of guanidine groups is 1. The maximum atomic E-state index is 9.63. The minimum atomic E-state index is 0.162. The zero-order valence-corrected chi connectivity index (χ0v) is 15.2. The minimum absolute atomic E-state index is 0.162. The molecule has 0 saturated carbocycles. The van der Waals surface area contributed by atoms with Gasteiger partial charge >= 0.3 is 0 Å². The quantitative estimate of drug-likeness (QED) is 0.532. The number of thiophene rings is 1. The molecular weight excluding hydrogens is 322 g/mol. The van der Waals surface area contributed by atoms with E-state index in [1.54, 1.807) is 24.5 Å². The van der Waals surface area contributed by atoms with Gasteiger partial charge in [0.25, 0.3) is 0 Å². The molecule has 130 valence electrons. The molecule has 2 aromatic rings. The van der Waals surface area contributed by atoms with Crippen LogP contribution in [0.15, 0.2) is 35.3 Å². The number of nitrogens with zero attached hydrogens (tertiary/aromatic N) is 1. The summed E-state index contributed by atoms with van der Waals surface area (Å²) in [7, 11) is 1.55. The van der Waals surface area contributed by atoms with Crippen molar-refractivity contribution in [2.45, 2.75) is 26.8 Å². The van der Waals surface area contributed by atoms with Crippen molar-refractivity contribution in [3.05, 3.63) is 45.6 Å². The average Bonchev–Trinajstić information content (AvgIpc) is 2.99. The molecule has 0 radical (unpaired) electrons. The maximum Gasteiger partial charge on any atom is 0.191 e. The van der Waals surface area contributed by atoms with Crippen molar-refractivity contribution in [1.29, 1.82) is 0 Å². The first-order valence-corrected chi connectivity index (χ1v) is 8.87. The Bertz CT molecular complexity index is 683. The molecule has 0 amide bonds. The topological polar surface area (TPSA) is 65.9 Å². The highest BCUT2D eigenvalue weighted by atomic mass is 32.1. The van der Waals surface area contributed by atoms with Crippen LogP contribution in [0.5, 0.6) is 11.5 Å². The molecule has 2 rings (SSSR count). The van der Waals surface area contributed by atoms with E-state index in [-0.39, 0.29) is 5.75 Å². The van der Waals surface area contributed by atoms with E-state index in [2.05, 4.69) is 41.6 Å². The molecule has 0 bridgehead atoms. The lowest BCUT2D eigenvalue weighted by Gasteiger charge is -2.12. The summed E-state index contributed by atoms with van der Waals surface area (Å²) in [6.07, 6.45) is 0.819. The summed E-state index contributed by atoms with van der Waals surface area (Å²) in [5.74, 6) is 1.48. The highest BCUT2D eigenvalue weighted by Crippen LogP contribution is 2.26. The van der Waals surface area contributed by atoms with Crippen LogP contribution in [0.1, 0.15) is 22.2 Å². The van der Waals surface area contributed by atoms with Crippen molar-refractivity contribution in [3.63, 3.8) is 0 Å². The van der Waals surface area contributed by atoms with Crippen molar-refractivity contribution >= 4 is 17.3 Å². The van der Waals surface area contributed by atoms with E-state index in [1.807, 2.05) is 12.1 Å². The summed E-state index contributed by atoms with van der Waals surface area (Å²) < 4.78 is 5.14. The second kappa shape index (κ2) is 9.17. The lowest BCUT2D eigenvalue weighted by molar-refractivity contribution is 0.373. The molecule has 0 aliphatic carbocycles. The third kappa shape index (κ3) is 5.45. The Morgan fingerprint density at radius 1 is 1.25 bits per heavy atom. The fraction of sp³-hybridized carbons (Fsp3) is 0.389. The molecule has 1 heterocycles. The SMILES string of the molecule is CCNC(=NCc1ccc(C)s1)NCCc1ccc(O)c(OC)c1. The summed E-state index contributed by atoms with van der Waals surface area (Å²) in [6, 6.07) is 9.66. The van der Waals surface area contributed by atoms with Crippen LogP contribution in [0.4, 0.5) is 0 Å². The highest BCUT2D eigenvalue weighted by Gasteiger charge is 2.04. The lowest BCUT2D eigenvalue weighted by Crippen LogP contribution is -2.38. The van der Waals surface area contributed by atoms with Gasteiger partial charge in [-0.15, -0.1) is 11.3 Å². The molecule has 0 aliphatic heterocycles. The number of benzene rings is 1. The molecule has 1 aromatic carbocycles. The number of rotatable bonds is 7. The average molecular weight is 347 g/mol. The zero-order chi connectivity index (χ0) is 17.4. The molecule has 0 spiro atoms. The van der Waals surface area contributed by atoms with E-state index in [1.165, 1.54) is 9.75 Å². The largest absolute Gasteiger partial charge is 0.504 e. The van der Waals surface area contributed by atoms with Crippen molar-refractivity contribution in [2.24, 2.45) is 4.99 Å². The van der Waals surface area contributed by atoms with Crippen LogP contribution < -0.4 is 15.4 Å². The first-order valence-electron chi connectivity index (χ1n) is 8.05. The molecule has 0 saturated heterocycles. The van der Waals surface area contributed by atoms with Gasteiger partial charge in [0, 0.05) is 22.8 Å². The molecule has 0 atom stereocenters. The normalized spacial score (nSPS) is 11.4. The number of ether oxygens (including phenoxy) is 1. The third-order valence-electron chi connectivity index (χ3n) is 3.48. The maximum absolute atomic E-state index is 9.63. The summed E-state index contributed by atoms with van der Waals surface area (Å²) in [5.41, 5.74) is 1.10. The number of aliphatic imine (C=N–C) groups is 1. The van der Waals surface area contributed by atoms with Crippen LogP contribution in [-0.4, -0.2) is 31.3 Å². The summed E-state index contributed by atoms with van der Waals surface area (Å²) in [6.45, 7) is 6.41. The van der Waals surface area contributed by atoms with Gasteiger partial charge in [0.2, 0.25) is 0 Å². The molecule has 3 N–H and O–H groups in total. The van der Waals surface area contributed by atoms with Gasteiger partial charge in [-0.1, -0.05) is 6.07 Å². The molecule has 0 fully saturated rings. The van der Waals surface area contributed by atoms with Crippen LogP contribution in [-0.2, 0) is 13.0 Å².